The second kappa shape index (κ2) is 9.10. The van der Waals surface area contributed by atoms with Crippen LogP contribution in [0.25, 0.3) is 11.1 Å². The molecule has 0 aliphatic carbocycles. The van der Waals surface area contributed by atoms with Gasteiger partial charge in [0.15, 0.2) is 0 Å². The van der Waals surface area contributed by atoms with Crippen molar-refractivity contribution in [3.05, 3.63) is 42.0 Å². The summed E-state index contributed by atoms with van der Waals surface area (Å²) in [6.45, 7) is 1.09. The molecular formula is C21H27FN4O2. The number of benzene rings is 1. The van der Waals surface area contributed by atoms with Crippen molar-refractivity contribution in [2.24, 2.45) is 0 Å². The number of nitrogens with zero attached hydrogens (tertiary/aromatic N) is 4. The number of ether oxygens (including phenoxy) is 1. The standard InChI is InChI=1S/C21H27FN4O2/c1-25(2)21-23-14-17(15-7-6-8-16(22)13-15)20(24-21)18-9-4-5-11-26(18)19(27)10-12-28-3/h6-8,13-14,18H,4-5,9-12H2,1-3H3/t18-/m1/s1. The number of hydrogen-bond donors (Lipinski definition) is 0. The third kappa shape index (κ3) is 4.47. The monoisotopic (exact) mass is 386 g/mol. The highest BCUT2D eigenvalue weighted by molar-refractivity contribution is 5.77. The smallest absolute Gasteiger partial charge is 0.225 e. The van der Waals surface area contributed by atoms with Gasteiger partial charge in [-0.25, -0.2) is 14.4 Å². The van der Waals surface area contributed by atoms with Crippen LogP contribution < -0.4 is 4.90 Å². The van der Waals surface area contributed by atoms with E-state index in [1.165, 1.54) is 12.1 Å². The minimum atomic E-state index is -0.309. The molecule has 0 saturated carbocycles. The molecule has 1 aliphatic heterocycles. The lowest BCUT2D eigenvalue weighted by molar-refractivity contribution is -0.136. The van der Waals surface area contributed by atoms with Crippen molar-refractivity contribution in [3.63, 3.8) is 0 Å². The molecule has 3 rings (SSSR count). The van der Waals surface area contributed by atoms with Crippen molar-refractivity contribution in [1.82, 2.24) is 14.9 Å². The first-order chi connectivity index (χ1) is 13.5. The molecule has 1 aliphatic rings. The van der Waals surface area contributed by atoms with Gasteiger partial charge in [0, 0.05) is 39.5 Å². The summed E-state index contributed by atoms with van der Waals surface area (Å²) in [5.74, 6) is 0.323. The Bertz CT molecular complexity index is 828. The average molecular weight is 386 g/mol. The normalized spacial score (nSPS) is 16.9. The van der Waals surface area contributed by atoms with E-state index < -0.39 is 0 Å². The number of methoxy groups -OCH3 is 1. The number of likely N-dealkylation sites (tertiary alicyclic amines) is 1. The van der Waals surface area contributed by atoms with Crippen molar-refractivity contribution < 1.29 is 13.9 Å². The summed E-state index contributed by atoms with van der Waals surface area (Å²) in [7, 11) is 5.35. The number of halogens is 1. The maximum absolute atomic E-state index is 13.9. The number of piperidine rings is 1. The predicted octanol–water partition coefficient (Wildman–Crippen LogP) is 3.44. The van der Waals surface area contributed by atoms with E-state index in [1.54, 1.807) is 19.4 Å². The predicted molar refractivity (Wildman–Crippen MR) is 107 cm³/mol. The van der Waals surface area contributed by atoms with Crippen molar-refractivity contribution in [2.75, 3.05) is 39.3 Å². The maximum atomic E-state index is 13.9. The minimum Gasteiger partial charge on any atom is -0.384 e. The molecule has 1 saturated heterocycles. The molecule has 0 bridgehead atoms. The van der Waals surface area contributed by atoms with Crippen LogP contribution >= 0.6 is 0 Å². The van der Waals surface area contributed by atoms with Gasteiger partial charge in [-0.05, 0) is 37.0 Å². The molecule has 2 heterocycles. The summed E-state index contributed by atoms with van der Waals surface area (Å²) in [5.41, 5.74) is 2.26. The van der Waals surface area contributed by atoms with E-state index >= 15 is 0 Å². The van der Waals surface area contributed by atoms with Gasteiger partial charge in [0.1, 0.15) is 5.82 Å². The summed E-state index contributed by atoms with van der Waals surface area (Å²) in [6, 6.07) is 6.27. The van der Waals surface area contributed by atoms with Crippen LogP contribution in [0.4, 0.5) is 10.3 Å². The van der Waals surface area contributed by atoms with Gasteiger partial charge < -0.3 is 14.5 Å². The van der Waals surface area contributed by atoms with Gasteiger partial charge in [0.05, 0.1) is 24.8 Å². The Kier molecular flexibility index (Phi) is 6.57. The quantitative estimate of drug-likeness (QED) is 0.761. The first kappa shape index (κ1) is 20.2. The van der Waals surface area contributed by atoms with E-state index in [9.17, 15) is 9.18 Å². The van der Waals surface area contributed by atoms with E-state index in [-0.39, 0.29) is 17.8 Å². The number of carbonyl (C=O) groups is 1. The molecule has 2 aromatic rings. The molecule has 0 radical (unpaired) electrons. The zero-order valence-electron chi connectivity index (χ0n) is 16.7. The molecule has 150 valence electrons. The number of anilines is 1. The van der Waals surface area contributed by atoms with Crippen LogP contribution in [-0.2, 0) is 9.53 Å². The highest BCUT2D eigenvalue weighted by Crippen LogP contribution is 2.36. The Balaban J connectivity index is 2.05. The van der Waals surface area contributed by atoms with Crippen molar-refractivity contribution in [1.29, 1.82) is 0 Å². The fraction of sp³-hybridized carbons (Fsp3) is 0.476. The van der Waals surface area contributed by atoms with Crippen LogP contribution in [-0.4, -0.2) is 55.1 Å². The van der Waals surface area contributed by atoms with Crippen LogP contribution in [0.5, 0.6) is 0 Å². The third-order valence-corrected chi connectivity index (χ3v) is 5.00. The van der Waals surface area contributed by atoms with E-state index in [2.05, 4.69) is 4.98 Å². The highest BCUT2D eigenvalue weighted by atomic mass is 19.1. The largest absolute Gasteiger partial charge is 0.384 e. The number of amides is 1. The lowest BCUT2D eigenvalue weighted by Gasteiger charge is -2.36. The summed E-state index contributed by atoms with van der Waals surface area (Å²) in [4.78, 5) is 25.7. The van der Waals surface area contributed by atoms with E-state index in [1.807, 2.05) is 30.0 Å². The van der Waals surface area contributed by atoms with Crippen molar-refractivity contribution in [2.45, 2.75) is 31.7 Å². The van der Waals surface area contributed by atoms with Crippen LogP contribution in [0.2, 0.25) is 0 Å². The highest BCUT2D eigenvalue weighted by Gasteiger charge is 2.31. The molecule has 1 amide bonds. The van der Waals surface area contributed by atoms with Gasteiger partial charge in [-0.3, -0.25) is 4.79 Å². The van der Waals surface area contributed by atoms with E-state index in [4.69, 9.17) is 9.72 Å². The molecule has 1 atom stereocenters. The zero-order valence-corrected chi connectivity index (χ0v) is 16.7. The van der Waals surface area contributed by atoms with Gasteiger partial charge in [0.25, 0.3) is 0 Å². The van der Waals surface area contributed by atoms with Crippen LogP contribution in [0, 0.1) is 5.82 Å². The molecule has 1 fully saturated rings. The summed E-state index contributed by atoms with van der Waals surface area (Å²) in [5, 5.41) is 0. The number of carbonyl (C=O) groups excluding carboxylic acids is 1. The Morgan fingerprint density at radius 2 is 2.18 bits per heavy atom. The van der Waals surface area contributed by atoms with Gasteiger partial charge in [0.2, 0.25) is 11.9 Å². The summed E-state index contributed by atoms with van der Waals surface area (Å²) < 4.78 is 18.9. The van der Waals surface area contributed by atoms with Gasteiger partial charge in [-0.2, -0.15) is 0 Å². The Hall–Kier alpha value is -2.54. The topological polar surface area (TPSA) is 58.6 Å². The third-order valence-electron chi connectivity index (χ3n) is 5.00. The Morgan fingerprint density at radius 3 is 2.89 bits per heavy atom. The summed E-state index contributed by atoms with van der Waals surface area (Å²) in [6.07, 6.45) is 4.89. The molecule has 7 heteroatoms. The van der Waals surface area contributed by atoms with Gasteiger partial charge >= 0.3 is 0 Å². The fourth-order valence-corrected chi connectivity index (χ4v) is 3.58. The number of rotatable bonds is 6. The number of hydrogen-bond acceptors (Lipinski definition) is 5. The molecule has 1 aromatic heterocycles. The molecule has 6 nitrogen and oxygen atoms in total. The second-order valence-electron chi connectivity index (χ2n) is 7.22. The molecule has 0 N–H and O–H groups in total. The zero-order chi connectivity index (χ0) is 20.1. The van der Waals surface area contributed by atoms with Crippen molar-refractivity contribution >= 4 is 11.9 Å². The molecule has 1 aromatic carbocycles. The lowest BCUT2D eigenvalue weighted by atomic mass is 9.93. The average Bonchev–Trinajstić information content (AvgIpc) is 2.71. The van der Waals surface area contributed by atoms with E-state index in [0.717, 1.165) is 36.1 Å². The Morgan fingerprint density at radius 1 is 1.36 bits per heavy atom. The Labute approximate surface area is 165 Å². The fourth-order valence-electron chi connectivity index (χ4n) is 3.58. The molecule has 0 unspecified atom stereocenters. The number of aromatic nitrogens is 2. The minimum absolute atomic E-state index is 0.0572. The lowest BCUT2D eigenvalue weighted by Crippen LogP contribution is -2.39. The van der Waals surface area contributed by atoms with E-state index in [0.29, 0.717) is 25.5 Å². The van der Waals surface area contributed by atoms with Crippen LogP contribution in [0.3, 0.4) is 0 Å². The maximum Gasteiger partial charge on any atom is 0.225 e. The van der Waals surface area contributed by atoms with Gasteiger partial charge in [-0.15, -0.1) is 0 Å². The van der Waals surface area contributed by atoms with Crippen LogP contribution in [0.1, 0.15) is 37.4 Å². The second-order valence-corrected chi connectivity index (χ2v) is 7.22. The SMILES string of the molecule is COCCC(=O)N1CCCC[C@@H]1c1nc(N(C)C)ncc1-c1cccc(F)c1. The van der Waals surface area contributed by atoms with Crippen LogP contribution in [0.15, 0.2) is 30.5 Å². The van der Waals surface area contributed by atoms with Crippen molar-refractivity contribution in [3.8, 4) is 11.1 Å². The first-order valence-electron chi connectivity index (χ1n) is 9.60. The first-order valence-corrected chi connectivity index (χ1v) is 9.60. The molecule has 0 spiro atoms. The molecular weight excluding hydrogens is 359 g/mol. The van der Waals surface area contributed by atoms with Gasteiger partial charge in [-0.1, -0.05) is 12.1 Å². The molecule has 28 heavy (non-hydrogen) atoms. The summed E-state index contributed by atoms with van der Waals surface area (Å²) >= 11 is 0.